The number of hydrogen-bond donors (Lipinski definition) is 3. The Labute approximate surface area is 293 Å². The molecule has 0 bridgehead atoms. The van der Waals surface area contributed by atoms with Crippen molar-refractivity contribution in [2.45, 2.75) is 12.1 Å². The molecule has 2 aromatic heterocycles. The van der Waals surface area contributed by atoms with E-state index >= 15 is 0 Å². The van der Waals surface area contributed by atoms with Crippen LogP contribution >= 0.6 is 45.9 Å². The summed E-state index contributed by atoms with van der Waals surface area (Å²) < 4.78 is 40.3. The van der Waals surface area contributed by atoms with E-state index in [1.165, 1.54) is 10.8 Å². The molecule has 3 N–H and O–H groups in total. The number of anilines is 2. The van der Waals surface area contributed by atoms with Crippen molar-refractivity contribution in [1.29, 1.82) is 0 Å². The molecule has 1 aliphatic rings. The number of oxime groups is 2. The Hall–Kier alpha value is -2.96. The first-order valence-electron chi connectivity index (χ1n) is 11.5. The van der Waals surface area contributed by atoms with E-state index in [2.05, 4.69) is 45.9 Å². The third kappa shape index (κ3) is 9.76. The summed E-state index contributed by atoms with van der Waals surface area (Å²) in [5.74, 6) is -5.52. The minimum Gasteiger partial charge on any atom is -0.731 e. The summed E-state index contributed by atoms with van der Waals surface area (Å²) in [5.41, 5.74) is -1.22. The van der Waals surface area contributed by atoms with E-state index in [1.807, 2.05) is 0 Å². The maximum atomic E-state index is 13.0. The molecule has 45 heavy (non-hydrogen) atoms. The maximum Gasteiger partial charge on any atom is 1.00 e. The smallest absolute Gasteiger partial charge is 0.731 e. The quantitative estimate of drug-likeness (QED) is 0.0319. The summed E-state index contributed by atoms with van der Waals surface area (Å²) in [7, 11) is -3.20. The van der Waals surface area contributed by atoms with Gasteiger partial charge in [0.1, 0.15) is 56.1 Å². The van der Waals surface area contributed by atoms with Crippen LogP contribution in [0.3, 0.4) is 0 Å². The number of ether oxygens (including phenoxy) is 1. The molecule has 1 saturated heterocycles. The standard InChI is InChI=1S/C20H20Cl2N8O11S3.Na/c1-39-28-13(8-6-42-19(23-8)25-11(31)3-21)16(33)27-15-10(30(17(15)34)44(36,37)38)5-41-18(35)14(29-40-2)9-7-43-20(24-9)26-12(32)4-22;/h6-7,10,15H,3-5H2,1-2H3,(H,27,33)(H,23,25,31)(H,24,26,32)(H,36,37,38);/q;+1/p-1/b28-13-,29-14-;/t10-,15+;/m1./s1. The number of thiazole rings is 2. The summed E-state index contributed by atoms with van der Waals surface area (Å²) in [6.07, 6.45) is 0. The Kier molecular flexibility index (Phi) is 14.5. The Morgan fingerprint density at radius 1 is 0.978 bits per heavy atom. The van der Waals surface area contributed by atoms with Crippen LogP contribution in [0.5, 0.6) is 0 Å². The van der Waals surface area contributed by atoms with Crippen molar-refractivity contribution in [3.8, 4) is 0 Å². The number of aromatic nitrogens is 2. The van der Waals surface area contributed by atoms with Crippen LogP contribution in [0.4, 0.5) is 10.3 Å². The van der Waals surface area contributed by atoms with Crippen LogP contribution in [0.1, 0.15) is 11.4 Å². The van der Waals surface area contributed by atoms with Crippen molar-refractivity contribution >= 4 is 107 Å². The van der Waals surface area contributed by atoms with Gasteiger partial charge >= 0.3 is 35.5 Å². The third-order valence-electron chi connectivity index (χ3n) is 5.08. The fraction of sp³-hybridized carbons (Fsp3) is 0.350. The molecule has 0 aliphatic carbocycles. The van der Waals surface area contributed by atoms with Crippen molar-refractivity contribution in [2.24, 2.45) is 10.3 Å². The topological polar surface area (TPSA) is 260 Å². The summed E-state index contributed by atoms with van der Waals surface area (Å²) in [5, 5.41) is 16.8. The van der Waals surface area contributed by atoms with E-state index in [1.54, 1.807) is 0 Å². The van der Waals surface area contributed by atoms with Gasteiger partial charge in [0.05, 0.1) is 0 Å². The zero-order valence-corrected chi connectivity index (χ0v) is 29.1. The SMILES string of the molecule is CO/N=C(\C(=O)N[C@@H]1C(=O)N(S(=O)(=O)[O-])[C@@H]1COC(=O)/C(=N\OC)c1csc(NC(=O)CCl)n1)c1csc(NC(=O)CCl)n1.[Na+]. The van der Waals surface area contributed by atoms with Gasteiger partial charge < -0.3 is 34.9 Å². The van der Waals surface area contributed by atoms with Crippen LogP contribution < -0.4 is 45.5 Å². The van der Waals surface area contributed by atoms with E-state index in [4.69, 9.17) is 27.9 Å². The van der Waals surface area contributed by atoms with Crippen LogP contribution in [0.2, 0.25) is 0 Å². The Morgan fingerprint density at radius 3 is 1.93 bits per heavy atom. The maximum absolute atomic E-state index is 13.0. The van der Waals surface area contributed by atoms with E-state index < -0.39 is 70.0 Å². The van der Waals surface area contributed by atoms with E-state index in [0.29, 0.717) is 0 Å². The van der Waals surface area contributed by atoms with Gasteiger partial charge in [-0.2, -0.15) is 0 Å². The molecular formula is C20H19Cl2N8NaO11S3. The largest absolute Gasteiger partial charge is 1.00 e. The number of nitrogens with zero attached hydrogens (tertiary/aromatic N) is 5. The number of alkyl halides is 2. The third-order valence-corrected chi connectivity index (χ3v) is 8.02. The summed E-state index contributed by atoms with van der Waals surface area (Å²) in [4.78, 5) is 78.8. The van der Waals surface area contributed by atoms with Gasteiger partial charge in [0.25, 0.3) is 11.8 Å². The monoisotopic (exact) mass is 736 g/mol. The molecule has 1 aliphatic heterocycles. The second-order valence-corrected chi connectivity index (χ2v) is 11.4. The van der Waals surface area contributed by atoms with Crippen molar-refractivity contribution in [2.75, 3.05) is 43.2 Å². The van der Waals surface area contributed by atoms with E-state index in [-0.39, 0.29) is 67.3 Å². The summed E-state index contributed by atoms with van der Waals surface area (Å²) in [6.45, 7) is -0.915. The van der Waals surface area contributed by atoms with Crippen molar-refractivity contribution < 1.29 is 80.9 Å². The fourth-order valence-electron chi connectivity index (χ4n) is 3.32. The molecule has 238 valence electrons. The molecule has 0 spiro atoms. The number of carbonyl (C=O) groups is 5. The molecule has 0 unspecified atom stereocenters. The Balaban J connectivity index is 0.00000705. The number of halogens is 2. The molecule has 0 radical (unpaired) electrons. The molecule has 25 heteroatoms. The molecule has 3 rings (SSSR count). The van der Waals surface area contributed by atoms with Crippen LogP contribution in [0.15, 0.2) is 21.1 Å². The molecule has 4 amide bonds. The zero-order valence-electron chi connectivity index (χ0n) is 23.1. The van der Waals surface area contributed by atoms with Crippen molar-refractivity contribution in [1.82, 2.24) is 19.6 Å². The molecule has 19 nitrogen and oxygen atoms in total. The number of carbonyl (C=O) groups excluding carboxylic acids is 5. The van der Waals surface area contributed by atoms with Gasteiger partial charge in [0.2, 0.25) is 17.5 Å². The van der Waals surface area contributed by atoms with Gasteiger partial charge in [-0.25, -0.2) is 27.5 Å². The van der Waals surface area contributed by atoms with E-state index in [0.717, 1.165) is 36.9 Å². The van der Waals surface area contributed by atoms with Gasteiger partial charge in [-0.1, -0.05) is 10.3 Å². The molecule has 2 aromatic rings. The molecule has 1 fully saturated rings. The molecular weight excluding hydrogens is 718 g/mol. The Morgan fingerprint density at radius 2 is 1.47 bits per heavy atom. The van der Waals surface area contributed by atoms with Gasteiger partial charge in [-0.15, -0.1) is 45.9 Å². The first-order valence-corrected chi connectivity index (χ1v) is 15.7. The van der Waals surface area contributed by atoms with Gasteiger partial charge in [-0.3, -0.25) is 19.2 Å². The molecule has 0 saturated carbocycles. The van der Waals surface area contributed by atoms with Crippen LogP contribution in [0, 0.1) is 0 Å². The van der Waals surface area contributed by atoms with Crippen LogP contribution in [-0.4, -0.2) is 113 Å². The predicted molar refractivity (Wildman–Crippen MR) is 153 cm³/mol. The first-order chi connectivity index (χ1) is 20.8. The number of hydrogen-bond acceptors (Lipinski definition) is 17. The zero-order chi connectivity index (χ0) is 32.6. The van der Waals surface area contributed by atoms with Gasteiger partial charge in [0.15, 0.2) is 26.3 Å². The average Bonchev–Trinajstić information content (AvgIpc) is 3.63. The summed E-state index contributed by atoms with van der Waals surface area (Å²) >= 11 is 12.7. The van der Waals surface area contributed by atoms with Gasteiger partial charge in [-0.05, 0) is 0 Å². The molecule has 0 aromatic carbocycles. The van der Waals surface area contributed by atoms with Crippen LogP contribution in [-0.2, 0) is 48.7 Å². The molecule has 2 atom stereocenters. The Bertz CT molecular complexity index is 1620. The number of rotatable bonds is 14. The fourth-order valence-corrected chi connectivity index (χ4v) is 5.72. The normalized spacial score (nSPS) is 16.6. The van der Waals surface area contributed by atoms with Crippen molar-refractivity contribution in [3.63, 3.8) is 0 Å². The number of nitrogens with one attached hydrogen (secondary N) is 3. The van der Waals surface area contributed by atoms with Crippen molar-refractivity contribution in [3.05, 3.63) is 22.1 Å². The second-order valence-electron chi connectivity index (χ2n) is 7.89. The minimum atomic E-state index is -5.41. The average molecular weight is 738 g/mol. The predicted octanol–water partition coefficient (Wildman–Crippen LogP) is -3.94. The number of amides is 4. The van der Waals surface area contributed by atoms with Crippen LogP contribution in [0.25, 0.3) is 0 Å². The van der Waals surface area contributed by atoms with E-state index in [9.17, 15) is 36.9 Å². The van der Waals surface area contributed by atoms with Gasteiger partial charge in [0, 0.05) is 10.8 Å². The molecule has 3 heterocycles. The summed E-state index contributed by atoms with van der Waals surface area (Å²) in [6, 6.07) is -3.37. The number of β-lactam (4-membered cyclic amide) rings is 1. The minimum absolute atomic E-state index is 0. The first kappa shape index (κ1) is 38.2. The number of esters is 1. The second kappa shape index (κ2) is 17.1.